The molecule has 0 saturated heterocycles. The fourth-order valence-corrected chi connectivity index (χ4v) is 6.80. The molecule has 0 aliphatic rings. The number of aryl methyl sites for hydroxylation is 4. The first kappa shape index (κ1) is 66.9. The van der Waals surface area contributed by atoms with E-state index in [0.717, 1.165) is 87.3 Å². The molecule has 15 heteroatoms. The number of hydrogen-bond acceptors (Lipinski definition) is 9. The van der Waals surface area contributed by atoms with E-state index in [1.54, 1.807) is 0 Å². The number of alkyl halides is 3. The Balaban J connectivity index is 0.000000334. The Morgan fingerprint density at radius 1 is 0.449 bits per heavy atom. The molecule has 0 fully saturated rings. The fourth-order valence-electron chi connectivity index (χ4n) is 6.80. The average molecular weight is 1420 g/mol. The largest absolute Gasteiger partial charge is 3.00 e. The van der Waals surface area contributed by atoms with E-state index in [0.29, 0.717) is 0 Å². The normalized spacial score (nSPS) is 9.95. The molecule has 405 valence electrons. The van der Waals surface area contributed by atoms with Crippen molar-refractivity contribution in [1.82, 2.24) is 19.9 Å². The first-order chi connectivity index (χ1) is 36.7. The van der Waals surface area contributed by atoms with Crippen LogP contribution in [-0.2, 0) is 50.3 Å². The predicted octanol–water partition coefficient (Wildman–Crippen LogP) is 14.0. The summed E-state index contributed by atoms with van der Waals surface area (Å²) in [4.78, 5) is 17.8. The van der Waals surface area contributed by atoms with E-state index in [1.165, 1.54) is 16.7 Å². The van der Waals surface area contributed by atoms with Crippen LogP contribution >= 0.6 is 0 Å². The van der Waals surface area contributed by atoms with Crippen LogP contribution in [0.2, 0.25) is 0 Å². The van der Waals surface area contributed by atoms with Crippen molar-refractivity contribution in [2.45, 2.75) is 33.2 Å². The molecular weight excluding hydrogens is 1370 g/mol. The van der Waals surface area contributed by atoms with Gasteiger partial charge in [0.1, 0.15) is 0 Å². The number of rotatable bonds is 6. The van der Waals surface area contributed by atoms with Gasteiger partial charge >= 0.3 is 25.6 Å². The third-order valence-electron chi connectivity index (χ3n) is 10.4. The van der Waals surface area contributed by atoms with Crippen LogP contribution in [0.5, 0.6) is 0 Å². The molecule has 0 bridgehead atoms. The Hall–Kier alpha value is -7.16. The predicted molar refractivity (Wildman–Crippen MR) is 296 cm³/mol. The summed E-state index contributed by atoms with van der Waals surface area (Å²) >= 11 is 0. The number of aromatic nitrogens is 4. The van der Waals surface area contributed by atoms with Gasteiger partial charge in [-0.3, -0.25) is 4.98 Å². The fraction of sp³-hybridized carbons (Fsp3) is 0.111. The van der Waals surface area contributed by atoms with Gasteiger partial charge in [-0.1, -0.05) is 121 Å². The first-order valence-corrected chi connectivity index (χ1v) is 24.8. The van der Waals surface area contributed by atoms with Crippen LogP contribution in [0.3, 0.4) is 0 Å². The molecule has 9 nitrogen and oxygen atoms in total. The number of hydrogen-bond donors (Lipinski definition) is 2. The van der Waals surface area contributed by atoms with Crippen LogP contribution < -0.4 is 0 Å². The van der Waals surface area contributed by atoms with Gasteiger partial charge in [0.25, 0.3) is 0 Å². The molecule has 0 aliphatic heterocycles. The molecule has 6 aromatic carbocycles. The molecule has 78 heavy (non-hydrogen) atoms. The Kier molecular flexibility index (Phi) is 30.3. The third-order valence-corrected chi connectivity index (χ3v) is 11.0. The summed E-state index contributed by atoms with van der Waals surface area (Å²) in [6, 6.07) is 80.3. The average Bonchev–Trinajstić information content (AvgIpc) is 3.46. The number of aliphatic hydroxyl groups is 2. The number of aliphatic hydroxyl groups excluding tert-OH is 2. The molecule has 0 saturated carbocycles. The second-order valence-corrected chi connectivity index (χ2v) is 17.2. The summed E-state index contributed by atoms with van der Waals surface area (Å²) in [5.74, 6) is 0. The summed E-state index contributed by atoms with van der Waals surface area (Å²) in [5, 5.41) is 14.0. The third kappa shape index (κ3) is 22.1. The minimum atomic E-state index is -6.09. The molecule has 10 rings (SSSR count). The standard InChI is InChI=1S/C18H15N.C18H13N.2C12H10N.CHF3O3S.2CH4O.2Ir/c1-14-7-5-6-10-17(14)16-11-12-18(19-13-16)15-8-3-2-4-9-15;1-14-7-5-6-10-17(14)18-12-11-16(13-19-18)15-8-3-2-4-9-15;2*1-10-6-5-9-12(13-10)11-7-3-2-4-8-11;2-1(3,4)8(5,6)7;2*1-2;;/h2-13H,1H3;2-8,10-12H,1H3;2*2-7,9H,1H3;(H,5,6,7);2*2H,1H3;;/q;-2;2*-1;;;;;+3/p-1. The van der Waals surface area contributed by atoms with Gasteiger partial charge in [-0.2, -0.15) is 43.5 Å². The van der Waals surface area contributed by atoms with Gasteiger partial charge in [0.15, 0.2) is 10.1 Å². The van der Waals surface area contributed by atoms with E-state index in [9.17, 15) is 13.2 Å². The van der Waals surface area contributed by atoms with Crippen LogP contribution in [-0.4, -0.2) is 62.8 Å². The number of nitrogens with zero attached hydrogens (tertiary/aromatic N) is 4. The molecule has 0 aliphatic carbocycles. The number of pyridine rings is 4. The van der Waals surface area contributed by atoms with E-state index < -0.39 is 15.6 Å². The minimum Gasteiger partial charge on any atom is -0.741 e. The van der Waals surface area contributed by atoms with E-state index in [2.05, 4.69) is 119 Å². The number of halogens is 3. The van der Waals surface area contributed by atoms with Crippen molar-refractivity contribution in [1.29, 1.82) is 0 Å². The monoisotopic (exact) mass is 1420 g/mol. The molecule has 4 aromatic heterocycles. The van der Waals surface area contributed by atoms with Crippen LogP contribution in [0.1, 0.15) is 22.5 Å². The molecule has 10 aromatic rings. The maximum absolute atomic E-state index is 10.7. The molecule has 0 atom stereocenters. The molecule has 0 amide bonds. The van der Waals surface area contributed by atoms with Gasteiger partial charge in [0, 0.05) is 63.0 Å². The van der Waals surface area contributed by atoms with Gasteiger partial charge in [0.2, 0.25) is 0 Å². The van der Waals surface area contributed by atoms with Crippen LogP contribution in [0.25, 0.3) is 67.3 Å². The first-order valence-electron chi connectivity index (χ1n) is 23.4. The van der Waals surface area contributed by atoms with Gasteiger partial charge in [-0.05, 0) is 79.7 Å². The summed E-state index contributed by atoms with van der Waals surface area (Å²) in [6.07, 6.45) is 5.05. The minimum absolute atomic E-state index is 0. The van der Waals surface area contributed by atoms with Crippen LogP contribution in [0.4, 0.5) is 13.2 Å². The maximum Gasteiger partial charge on any atom is 3.00 e. The molecule has 2 N–H and O–H groups in total. The molecule has 1 radical (unpaired) electrons. The van der Waals surface area contributed by atoms with Crippen LogP contribution in [0.15, 0.2) is 219 Å². The van der Waals surface area contributed by atoms with Crippen molar-refractivity contribution in [3.05, 3.63) is 265 Å². The van der Waals surface area contributed by atoms with Gasteiger partial charge in [-0.25, -0.2) is 19.5 Å². The molecule has 0 spiro atoms. The zero-order valence-corrected chi connectivity index (χ0v) is 49.0. The zero-order chi connectivity index (χ0) is 55.4. The van der Waals surface area contributed by atoms with Gasteiger partial charge < -0.3 is 29.7 Å². The molecule has 0 unspecified atom stereocenters. The van der Waals surface area contributed by atoms with Gasteiger partial charge in [-0.15, -0.1) is 83.9 Å². The topological polar surface area (TPSA) is 149 Å². The Morgan fingerprint density at radius 3 is 1.26 bits per heavy atom. The summed E-state index contributed by atoms with van der Waals surface area (Å²) in [7, 11) is -4.09. The Bertz CT molecular complexity index is 3140. The van der Waals surface area contributed by atoms with E-state index in [-0.39, 0.29) is 40.2 Å². The second kappa shape index (κ2) is 35.3. The van der Waals surface area contributed by atoms with Crippen molar-refractivity contribution in [3.63, 3.8) is 0 Å². The quantitative estimate of drug-likeness (QED) is 0.0942. The van der Waals surface area contributed by atoms with Crippen LogP contribution in [0, 0.1) is 52.1 Å². The Labute approximate surface area is 483 Å². The summed E-state index contributed by atoms with van der Waals surface area (Å²) < 4.78 is 58.9. The van der Waals surface area contributed by atoms with E-state index in [4.69, 9.17) is 23.2 Å². The van der Waals surface area contributed by atoms with Crippen molar-refractivity contribution < 1.29 is 76.6 Å². The van der Waals surface area contributed by atoms with Crippen molar-refractivity contribution >= 4 is 10.1 Å². The zero-order valence-electron chi connectivity index (χ0n) is 43.4. The summed E-state index contributed by atoms with van der Waals surface area (Å²) in [6.45, 7) is 8.20. The molecular formula is C63H56F3Ir2N4O5S-2. The smallest absolute Gasteiger partial charge is 0.741 e. The van der Waals surface area contributed by atoms with Crippen molar-refractivity contribution in [2.24, 2.45) is 0 Å². The second-order valence-electron chi connectivity index (χ2n) is 15.8. The number of benzene rings is 6. The maximum atomic E-state index is 10.7. The SMILES string of the molecule is CO.CO.Cc1cccc(-c2[c-]cccc2)n1.Cc1cccc(-c2[c-]cccc2)n1.Cc1ccccc1-c1ccc(-c2[c-]cccc2)[c-]n1.Cc1ccccc1-c1ccc(-c2ccccc2)nc1.O=S(=O)([O-])C(F)(F)F.[Ir+3].[Ir]. The van der Waals surface area contributed by atoms with Crippen molar-refractivity contribution in [2.75, 3.05) is 14.2 Å². The van der Waals surface area contributed by atoms with Crippen molar-refractivity contribution in [3.8, 4) is 67.3 Å². The van der Waals surface area contributed by atoms with Gasteiger partial charge in [0.05, 0.1) is 5.69 Å². The summed E-state index contributed by atoms with van der Waals surface area (Å²) in [5.41, 5.74) is 11.7. The Morgan fingerprint density at radius 2 is 0.872 bits per heavy atom. The van der Waals surface area contributed by atoms with E-state index >= 15 is 0 Å². The molecule has 4 heterocycles. The van der Waals surface area contributed by atoms with E-state index in [1.807, 2.05) is 172 Å².